The summed E-state index contributed by atoms with van der Waals surface area (Å²) in [6, 6.07) is 8.46. The molecule has 4 aromatic heterocycles. The van der Waals surface area contributed by atoms with Gasteiger partial charge >= 0.3 is 0 Å². The number of aromatic nitrogens is 7. The number of hydrogen-bond acceptors (Lipinski definition) is 10. The number of sulfone groups is 1. The fourth-order valence-electron chi connectivity index (χ4n) is 5.92. The Bertz CT molecular complexity index is 2020. The molecule has 2 aliphatic rings. The lowest BCUT2D eigenvalue weighted by Crippen LogP contribution is -2.20. The van der Waals surface area contributed by atoms with Crippen LogP contribution < -0.4 is 10.6 Å². The highest BCUT2D eigenvalue weighted by molar-refractivity contribution is 7.90. The van der Waals surface area contributed by atoms with Crippen LogP contribution in [-0.4, -0.2) is 62.0 Å². The number of benzene rings is 1. The molecule has 7 rings (SSSR count). The Morgan fingerprint density at radius 3 is 2.59 bits per heavy atom. The maximum atomic E-state index is 14.5. The second kappa shape index (κ2) is 11.7. The van der Waals surface area contributed by atoms with Crippen molar-refractivity contribution in [1.29, 1.82) is 0 Å². The lowest BCUT2D eigenvalue weighted by Gasteiger charge is -2.25. The molecule has 0 bridgehead atoms. The monoisotopic (exact) mass is 653 g/mol. The summed E-state index contributed by atoms with van der Waals surface area (Å²) in [5, 5.41) is 15.3. The van der Waals surface area contributed by atoms with E-state index in [1.54, 1.807) is 35.1 Å². The van der Waals surface area contributed by atoms with E-state index < -0.39 is 28.3 Å². The third-order valence-corrected chi connectivity index (χ3v) is 9.46. The first-order valence-corrected chi connectivity index (χ1v) is 16.8. The van der Waals surface area contributed by atoms with Crippen molar-refractivity contribution in [1.82, 2.24) is 34.1 Å². The average molecular weight is 654 g/mol. The summed E-state index contributed by atoms with van der Waals surface area (Å²) in [5.74, 6) is 0.322. The molecule has 5 aromatic rings. The van der Waals surface area contributed by atoms with Gasteiger partial charge in [0.05, 0.1) is 47.9 Å². The Kier molecular flexibility index (Phi) is 7.73. The van der Waals surface area contributed by atoms with E-state index in [0.29, 0.717) is 50.0 Å². The topological polar surface area (TPSA) is 143 Å². The van der Waals surface area contributed by atoms with Gasteiger partial charge in [0.1, 0.15) is 17.6 Å². The molecule has 1 atom stereocenters. The van der Waals surface area contributed by atoms with Gasteiger partial charge in [-0.2, -0.15) is 10.2 Å². The molecular formula is C30H33F2N9O4S. The summed E-state index contributed by atoms with van der Waals surface area (Å²) < 4.78 is 71.5. The zero-order valence-corrected chi connectivity index (χ0v) is 26.3. The van der Waals surface area contributed by atoms with Gasteiger partial charge in [-0.25, -0.2) is 27.2 Å². The molecule has 6 heterocycles. The first kappa shape index (κ1) is 30.3. The van der Waals surface area contributed by atoms with E-state index >= 15 is 0 Å². The quantitative estimate of drug-likeness (QED) is 0.224. The number of halogens is 2. The number of fused-ring (bicyclic) bond motifs is 2. The smallest absolute Gasteiger partial charge is 0.295 e. The molecule has 2 N–H and O–H groups in total. The van der Waals surface area contributed by atoms with E-state index in [1.807, 2.05) is 24.7 Å². The lowest BCUT2D eigenvalue weighted by atomic mass is 10.1. The van der Waals surface area contributed by atoms with Crippen molar-refractivity contribution < 1.29 is 26.7 Å². The summed E-state index contributed by atoms with van der Waals surface area (Å²) in [4.78, 5) is 9.09. The van der Waals surface area contributed by atoms with Gasteiger partial charge in [0.2, 0.25) is 0 Å². The van der Waals surface area contributed by atoms with Crippen molar-refractivity contribution >= 4 is 44.0 Å². The molecule has 1 fully saturated rings. The Balaban J connectivity index is 1.37. The molecule has 0 saturated carbocycles. The van der Waals surface area contributed by atoms with Gasteiger partial charge in [0.15, 0.2) is 27.1 Å². The summed E-state index contributed by atoms with van der Waals surface area (Å²) >= 11 is 0. The van der Waals surface area contributed by atoms with E-state index in [4.69, 9.17) is 14.5 Å². The average Bonchev–Trinajstić information content (AvgIpc) is 3.72. The van der Waals surface area contributed by atoms with Gasteiger partial charge in [-0.05, 0) is 43.9 Å². The highest BCUT2D eigenvalue weighted by Gasteiger charge is 2.29. The zero-order chi connectivity index (χ0) is 32.2. The minimum absolute atomic E-state index is 0.0265. The fraction of sp³-hybridized carbons (Fsp3) is 0.400. The van der Waals surface area contributed by atoms with Crippen LogP contribution in [0.3, 0.4) is 0 Å². The third kappa shape index (κ3) is 5.60. The van der Waals surface area contributed by atoms with Crippen LogP contribution >= 0.6 is 0 Å². The van der Waals surface area contributed by atoms with Gasteiger partial charge < -0.3 is 20.1 Å². The molecule has 2 aliphatic heterocycles. The molecule has 0 spiro atoms. The molecule has 242 valence electrons. The third-order valence-electron chi connectivity index (χ3n) is 8.33. The first-order valence-electron chi connectivity index (χ1n) is 14.9. The molecule has 1 aromatic carbocycles. The van der Waals surface area contributed by atoms with Crippen LogP contribution in [0.15, 0.2) is 41.4 Å². The number of pyridine rings is 1. The predicted octanol–water partition coefficient (Wildman–Crippen LogP) is 5.39. The van der Waals surface area contributed by atoms with E-state index in [1.165, 1.54) is 4.57 Å². The number of anilines is 4. The molecule has 16 heteroatoms. The second-order valence-corrected chi connectivity index (χ2v) is 13.5. The Hall–Kier alpha value is -4.41. The fourth-order valence-corrected chi connectivity index (χ4v) is 6.78. The number of hydrogen-bond donors (Lipinski definition) is 2. The number of aryl methyl sites for hydroxylation is 1. The van der Waals surface area contributed by atoms with Crippen molar-refractivity contribution in [2.24, 2.45) is 7.05 Å². The molecule has 1 saturated heterocycles. The summed E-state index contributed by atoms with van der Waals surface area (Å²) in [5.41, 5.74) is 4.08. The molecule has 0 amide bonds. The molecule has 46 heavy (non-hydrogen) atoms. The summed E-state index contributed by atoms with van der Waals surface area (Å²) in [6.45, 7) is 3.89. The van der Waals surface area contributed by atoms with Gasteiger partial charge in [-0.3, -0.25) is 13.9 Å². The molecule has 0 radical (unpaired) electrons. The van der Waals surface area contributed by atoms with Crippen molar-refractivity contribution in [2.75, 3.05) is 30.1 Å². The molecule has 13 nitrogen and oxygen atoms in total. The Labute approximate surface area is 263 Å². The van der Waals surface area contributed by atoms with Crippen LogP contribution in [0.4, 0.5) is 31.8 Å². The Morgan fingerprint density at radius 1 is 1.04 bits per heavy atom. The SMILES string of the molecule is Cc1c(-c2ccc(Nc3cc(Nc4cc5n(n4)CCOC5)nc4c3nc(C(F)F)n4C3CCCCO3)c(S(C)(=O)=O)c2)cnn1C. The molecule has 1 unspecified atom stereocenters. The maximum absolute atomic E-state index is 14.5. The highest BCUT2D eigenvalue weighted by Crippen LogP contribution is 2.38. The van der Waals surface area contributed by atoms with Crippen molar-refractivity contribution in [2.45, 2.75) is 56.9 Å². The molecular weight excluding hydrogens is 620 g/mol. The van der Waals surface area contributed by atoms with E-state index in [9.17, 15) is 17.2 Å². The largest absolute Gasteiger partial charge is 0.373 e. The minimum atomic E-state index is -3.75. The Morgan fingerprint density at radius 2 is 1.89 bits per heavy atom. The van der Waals surface area contributed by atoms with E-state index in [2.05, 4.69) is 25.8 Å². The van der Waals surface area contributed by atoms with E-state index in [-0.39, 0.29) is 27.4 Å². The number of ether oxygens (including phenoxy) is 2. The van der Waals surface area contributed by atoms with Gasteiger partial charge in [0.25, 0.3) is 6.43 Å². The number of rotatable bonds is 8. The zero-order valence-electron chi connectivity index (χ0n) is 25.5. The lowest BCUT2D eigenvalue weighted by molar-refractivity contribution is -0.0363. The van der Waals surface area contributed by atoms with Crippen molar-refractivity contribution in [3.05, 3.63) is 53.7 Å². The predicted molar refractivity (Wildman–Crippen MR) is 166 cm³/mol. The molecule has 0 aliphatic carbocycles. The van der Waals surface area contributed by atoms with E-state index in [0.717, 1.165) is 36.0 Å². The maximum Gasteiger partial charge on any atom is 0.295 e. The van der Waals surface area contributed by atoms with Gasteiger partial charge in [-0.15, -0.1) is 0 Å². The van der Waals surface area contributed by atoms with Gasteiger partial charge in [0, 0.05) is 43.3 Å². The normalized spacial score (nSPS) is 17.0. The second-order valence-electron chi connectivity index (χ2n) is 11.5. The summed E-state index contributed by atoms with van der Waals surface area (Å²) in [7, 11) is -1.94. The highest BCUT2D eigenvalue weighted by atomic mass is 32.2. The van der Waals surface area contributed by atoms with Crippen LogP contribution in [0.25, 0.3) is 22.3 Å². The van der Waals surface area contributed by atoms with Crippen LogP contribution in [0.1, 0.15) is 49.1 Å². The summed E-state index contributed by atoms with van der Waals surface area (Å²) in [6.07, 6.45) is 1.38. The van der Waals surface area contributed by atoms with Crippen LogP contribution in [0.2, 0.25) is 0 Å². The minimum Gasteiger partial charge on any atom is -0.373 e. The first-order chi connectivity index (χ1) is 22.1. The van der Waals surface area contributed by atoms with Crippen LogP contribution in [-0.2, 0) is 39.5 Å². The van der Waals surface area contributed by atoms with Crippen LogP contribution in [0.5, 0.6) is 0 Å². The van der Waals surface area contributed by atoms with Crippen molar-refractivity contribution in [3.63, 3.8) is 0 Å². The standard InChI is InChI=1S/C30H33F2N9O4S/c1-17-20(15-33-39(17)2)18-7-8-21(23(12-18)46(3,42)43)34-22-14-24(35-25-13-19-16-44-11-9-40(19)38-25)36-29-27(22)37-30(28(31)32)41(29)26-6-4-5-10-45-26/h7-8,12-15,26,28H,4-6,9-11,16H2,1-3H3,(H2,34,35,36,38). The number of nitrogens with zero attached hydrogens (tertiary/aromatic N) is 7. The number of alkyl halides is 2. The van der Waals surface area contributed by atoms with Crippen LogP contribution in [0, 0.1) is 6.92 Å². The number of imidazole rings is 1. The van der Waals surface area contributed by atoms with Gasteiger partial charge in [-0.1, -0.05) is 6.07 Å². The number of nitrogens with one attached hydrogen (secondary N) is 2. The van der Waals surface area contributed by atoms with Crippen molar-refractivity contribution in [3.8, 4) is 11.1 Å².